The zero-order chi connectivity index (χ0) is 17.6. The number of benzene rings is 1. The second-order valence-corrected chi connectivity index (χ2v) is 4.30. The van der Waals surface area contributed by atoms with Gasteiger partial charge in [-0.3, -0.25) is 14.4 Å². The minimum atomic E-state index is -5.25. The lowest BCUT2D eigenvalue weighted by molar-refractivity contribution is -0.174. The average molecular weight is 329 g/mol. The Morgan fingerprint density at radius 2 is 1.96 bits per heavy atom. The molecule has 23 heavy (non-hydrogen) atoms. The Morgan fingerprint density at radius 1 is 1.30 bits per heavy atom. The standard InChI is InChI=1S/C13H10F3N3O4/c14-13(15,16)12(23)19-9(5-10(20)21)11(22)18-8-3-1-2-7(4-8)6-17/h1-4,9H,5H2,(H,18,22)(H,19,23)(H,20,21). The van der Waals surface area contributed by atoms with Crippen LogP contribution in [0.2, 0.25) is 0 Å². The molecule has 0 aromatic heterocycles. The number of carbonyl (C=O) groups excluding carboxylic acids is 2. The van der Waals surface area contributed by atoms with Gasteiger partial charge in [-0.2, -0.15) is 18.4 Å². The molecule has 10 heteroatoms. The topological polar surface area (TPSA) is 119 Å². The van der Waals surface area contributed by atoms with Crippen molar-refractivity contribution in [1.82, 2.24) is 5.32 Å². The number of aliphatic carboxylic acids is 1. The van der Waals surface area contributed by atoms with Crippen molar-refractivity contribution in [3.63, 3.8) is 0 Å². The van der Waals surface area contributed by atoms with Crippen LogP contribution >= 0.6 is 0 Å². The minimum absolute atomic E-state index is 0.0747. The van der Waals surface area contributed by atoms with E-state index in [2.05, 4.69) is 5.32 Å². The van der Waals surface area contributed by atoms with Crippen LogP contribution in [-0.2, 0) is 14.4 Å². The van der Waals surface area contributed by atoms with Crippen molar-refractivity contribution in [3.05, 3.63) is 29.8 Å². The molecule has 0 bridgehead atoms. The first-order valence-corrected chi connectivity index (χ1v) is 6.04. The van der Waals surface area contributed by atoms with E-state index in [0.29, 0.717) is 0 Å². The lowest BCUT2D eigenvalue weighted by Gasteiger charge is -2.17. The molecule has 0 fully saturated rings. The van der Waals surface area contributed by atoms with Crippen molar-refractivity contribution in [2.24, 2.45) is 0 Å². The maximum atomic E-state index is 12.2. The normalized spacial score (nSPS) is 11.9. The van der Waals surface area contributed by atoms with Gasteiger partial charge in [0.15, 0.2) is 0 Å². The smallest absolute Gasteiger partial charge is 0.471 e. The third-order valence-corrected chi connectivity index (χ3v) is 2.52. The van der Waals surface area contributed by atoms with Gasteiger partial charge < -0.3 is 15.7 Å². The summed E-state index contributed by atoms with van der Waals surface area (Å²) in [7, 11) is 0. The molecule has 0 spiro atoms. The number of carbonyl (C=O) groups is 3. The number of nitrogens with one attached hydrogen (secondary N) is 2. The first kappa shape index (κ1) is 18.0. The van der Waals surface area contributed by atoms with Gasteiger partial charge in [0.25, 0.3) is 0 Å². The van der Waals surface area contributed by atoms with Crippen LogP contribution in [0.1, 0.15) is 12.0 Å². The molecular formula is C13H10F3N3O4. The Morgan fingerprint density at radius 3 is 2.48 bits per heavy atom. The molecular weight excluding hydrogens is 319 g/mol. The van der Waals surface area contributed by atoms with E-state index in [0.717, 1.165) is 0 Å². The molecule has 1 aromatic rings. The molecule has 1 rings (SSSR count). The minimum Gasteiger partial charge on any atom is -0.481 e. The van der Waals surface area contributed by atoms with Gasteiger partial charge in [-0.05, 0) is 18.2 Å². The molecule has 0 aliphatic rings. The van der Waals surface area contributed by atoms with E-state index >= 15 is 0 Å². The van der Waals surface area contributed by atoms with Crippen LogP contribution in [0.5, 0.6) is 0 Å². The number of hydrogen-bond donors (Lipinski definition) is 3. The molecule has 0 aliphatic carbocycles. The number of halogens is 3. The fraction of sp³-hybridized carbons (Fsp3) is 0.231. The summed E-state index contributed by atoms with van der Waals surface area (Å²) in [5.41, 5.74) is 0.252. The Labute approximate surface area is 127 Å². The van der Waals surface area contributed by atoms with E-state index in [9.17, 15) is 27.6 Å². The van der Waals surface area contributed by atoms with Crippen LogP contribution < -0.4 is 10.6 Å². The number of nitriles is 1. The van der Waals surface area contributed by atoms with E-state index in [1.54, 1.807) is 6.07 Å². The number of carboxylic acid groups (broad SMARTS) is 1. The van der Waals surface area contributed by atoms with Gasteiger partial charge in [-0.1, -0.05) is 6.07 Å². The van der Waals surface area contributed by atoms with Gasteiger partial charge in [0.2, 0.25) is 5.91 Å². The highest BCUT2D eigenvalue weighted by molar-refractivity contribution is 5.99. The second-order valence-electron chi connectivity index (χ2n) is 4.30. The summed E-state index contributed by atoms with van der Waals surface area (Å²) >= 11 is 0. The molecule has 0 saturated carbocycles. The van der Waals surface area contributed by atoms with E-state index < -0.39 is 36.4 Å². The van der Waals surface area contributed by atoms with Crippen molar-refractivity contribution < 1.29 is 32.7 Å². The third kappa shape index (κ3) is 5.66. The van der Waals surface area contributed by atoms with Crippen LogP contribution in [0, 0.1) is 11.3 Å². The van der Waals surface area contributed by atoms with Crippen molar-refractivity contribution >= 4 is 23.5 Å². The van der Waals surface area contributed by atoms with Crippen LogP contribution in [0.25, 0.3) is 0 Å². The Hall–Kier alpha value is -3.09. The number of anilines is 1. The summed E-state index contributed by atoms with van der Waals surface area (Å²) in [6.45, 7) is 0. The van der Waals surface area contributed by atoms with Gasteiger partial charge in [0, 0.05) is 5.69 Å². The van der Waals surface area contributed by atoms with Crippen LogP contribution in [-0.4, -0.2) is 35.1 Å². The highest BCUT2D eigenvalue weighted by Crippen LogP contribution is 2.16. The molecule has 1 aromatic carbocycles. The zero-order valence-electron chi connectivity index (χ0n) is 11.3. The monoisotopic (exact) mass is 329 g/mol. The first-order chi connectivity index (χ1) is 10.6. The Balaban J connectivity index is 2.89. The van der Waals surface area contributed by atoms with Crippen molar-refractivity contribution in [1.29, 1.82) is 5.26 Å². The second kappa shape index (κ2) is 7.26. The van der Waals surface area contributed by atoms with Crippen molar-refractivity contribution in [2.75, 3.05) is 5.32 Å². The largest absolute Gasteiger partial charge is 0.481 e. The number of nitrogens with zero attached hydrogens (tertiary/aromatic N) is 1. The number of amides is 2. The molecule has 7 nitrogen and oxygen atoms in total. The molecule has 122 valence electrons. The highest BCUT2D eigenvalue weighted by Gasteiger charge is 2.41. The molecule has 0 saturated heterocycles. The molecule has 1 atom stereocenters. The van der Waals surface area contributed by atoms with Gasteiger partial charge in [0.1, 0.15) is 6.04 Å². The zero-order valence-corrected chi connectivity index (χ0v) is 11.3. The van der Waals surface area contributed by atoms with Gasteiger partial charge in [-0.15, -0.1) is 0 Å². The number of hydrogen-bond acceptors (Lipinski definition) is 4. The van der Waals surface area contributed by atoms with Gasteiger partial charge in [0.05, 0.1) is 18.1 Å². The summed E-state index contributed by atoms with van der Waals surface area (Å²) in [5.74, 6) is -5.15. The van der Waals surface area contributed by atoms with E-state index in [1.165, 1.54) is 29.6 Å². The summed E-state index contributed by atoms with van der Waals surface area (Å²) in [5, 5.41) is 20.8. The SMILES string of the molecule is N#Cc1cccc(NC(=O)C(CC(=O)O)NC(=O)C(F)(F)F)c1. The molecule has 3 N–H and O–H groups in total. The highest BCUT2D eigenvalue weighted by atomic mass is 19.4. The van der Waals surface area contributed by atoms with E-state index in [4.69, 9.17) is 10.4 Å². The maximum absolute atomic E-state index is 12.2. The molecule has 1 unspecified atom stereocenters. The van der Waals surface area contributed by atoms with Gasteiger partial charge >= 0.3 is 18.1 Å². The number of alkyl halides is 3. The lowest BCUT2D eigenvalue weighted by atomic mass is 10.1. The molecule has 0 heterocycles. The number of rotatable bonds is 5. The lowest BCUT2D eigenvalue weighted by Crippen LogP contribution is -2.49. The molecule has 0 radical (unpaired) electrons. The fourth-order valence-electron chi connectivity index (χ4n) is 1.52. The van der Waals surface area contributed by atoms with E-state index in [1.807, 2.05) is 0 Å². The summed E-state index contributed by atoms with van der Waals surface area (Å²) in [6.07, 6.45) is -6.29. The molecule has 2 amide bonds. The summed E-state index contributed by atoms with van der Waals surface area (Å²) < 4.78 is 36.6. The fourth-order valence-corrected chi connectivity index (χ4v) is 1.52. The predicted octanol–water partition coefficient (Wildman–Crippen LogP) is 1.02. The first-order valence-electron chi connectivity index (χ1n) is 6.04. The average Bonchev–Trinajstić information content (AvgIpc) is 2.45. The van der Waals surface area contributed by atoms with Crippen molar-refractivity contribution in [3.8, 4) is 6.07 Å². The Kier molecular flexibility index (Phi) is 5.67. The van der Waals surface area contributed by atoms with Crippen LogP contribution in [0.15, 0.2) is 24.3 Å². The summed E-state index contributed by atoms with van der Waals surface area (Å²) in [6, 6.07) is 5.29. The summed E-state index contributed by atoms with van der Waals surface area (Å²) in [4.78, 5) is 33.4. The Bertz CT molecular complexity index is 667. The molecule has 0 aliphatic heterocycles. The quantitative estimate of drug-likeness (QED) is 0.745. The third-order valence-electron chi connectivity index (χ3n) is 2.52. The van der Waals surface area contributed by atoms with Crippen LogP contribution in [0.4, 0.5) is 18.9 Å². The van der Waals surface area contributed by atoms with E-state index in [-0.39, 0.29) is 11.3 Å². The maximum Gasteiger partial charge on any atom is 0.471 e. The number of carboxylic acids is 1. The van der Waals surface area contributed by atoms with Gasteiger partial charge in [-0.25, -0.2) is 0 Å². The van der Waals surface area contributed by atoms with Crippen molar-refractivity contribution in [2.45, 2.75) is 18.6 Å². The predicted molar refractivity (Wildman–Crippen MR) is 70.0 cm³/mol. The van der Waals surface area contributed by atoms with Crippen LogP contribution in [0.3, 0.4) is 0 Å².